The largest absolute Gasteiger partial charge is 0.462 e. The Morgan fingerprint density at radius 1 is 1.32 bits per heavy atom. The fourth-order valence-corrected chi connectivity index (χ4v) is 6.11. The standard InChI is InChI=1S/C24H33NO3/c1-17-7-6-10-24(2)14-22-19(13-21(17)24)20(23(27)28-22)16-25(11-12-26)15-18-8-4-3-5-9-18/h3-5,8-9,19-22,26H,1,6-7,10-16H2,2H3/p+1/t19-,20-,21+,22+,24-/m0/s1. The molecule has 4 rings (SSSR count). The van der Waals surface area contributed by atoms with Gasteiger partial charge in [0.05, 0.1) is 13.2 Å². The summed E-state index contributed by atoms with van der Waals surface area (Å²) in [6, 6.07) is 10.3. The van der Waals surface area contributed by atoms with Gasteiger partial charge in [0.2, 0.25) is 0 Å². The van der Waals surface area contributed by atoms with Gasteiger partial charge in [0.25, 0.3) is 0 Å². The summed E-state index contributed by atoms with van der Waals surface area (Å²) in [4.78, 5) is 14.1. The van der Waals surface area contributed by atoms with Crippen LogP contribution in [0.4, 0.5) is 0 Å². The normalized spacial score (nSPS) is 35.8. The lowest BCUT2D eigenvalue weighted by atomic mass is 9.55. The second kappa shape index (κ2) is 8.00. The number of benzene rings is 1. The van der Waals surface area contributed by atoms with Crippen LogP contribution in [0.5, 0.6) is 0 Å². The Hall–Kier alpha value is -1.65. The van der Waals surface area contributed by atoms with Crippen molar-refractivity contribution in [1.29, 1.82) is 0 Å². The van der Waals surface area contributed by atoms with Crippen LogP contribution >= 0.6 is 0 Å². The van der Waals surface area contributed by atoms with Crippen molar-refractivity contribution in [3.63, 3.8) is 0 Å². The lowest BCUT2D eigenvalue weighted by Gasteiger charge is -2.50. The molecule has 0 amide bonds. The van der Waals surface area contributed by atoms with Crippen LogP contribution < -0.4 is 4.90 Å². The van der Waals surface area contributed by atoms with Gasteiger partial charge >= 0.3 is 5.97 Å². The molecule has 0 radical (unpaired) electrons. The van der Waals surface area contributed by atoms with E-state index in [9.17, 15) is 9.90 Å². The quantitative estimate of drug-likeness (QED) is 0.585. The van der Waals surface area contributed by atoms with Gasteiger partial charge in [-0.2, -0.15) is 0 Å². The van der Waals surface area contributed by atoms with E-state index in [2.05, 4.69) is 25.6 Å². The number of nitrogens with one attached hydrogen (secondary N) is 1. The van der Waals surface area contributed by atoms with Gasteiger partial charge in [-0.1, -0.05) is 49.4 Å². The number of esters is 1. The maximum absolute atomic E-state index is 12.8. The minimum atomic E-state index is -0.0606. The molecule has 1 aliphatic heterocycles. The number of carbonyl (C=O) groups excluding carboxylic acids is 1. The molecule has 2 N–H and O–H groups in total. The third-order valence-corrected chi connectivity index (χ3v) is 7.59. The predicted molar refractivity (Wildman–Crippen MR) is 109 cm³/mol. The van der Waals surface area contributed by atoms with Gasteiger partial charge in [0.1, 0.15) is 25.1 Å². The van der Waals surface area contributed by atoms with Gasteiger partial charge in [-0.25, -0.2) is 0 Å². The fourth-order valence-electron chi connectivity index (χ4n) is 6.11. The number of carbonyl (C=O) groups is 1. The number of hydrogen-bond donors (Lipinski definition) is 2. The second-order valence-corrected chi connectivity index (χ2v) is 9.49. The van der Waals surface area contributed by atoms with Crippen LogP contribution in [0, 0.1) is 23.2 Å². The van der Waals surface area contributed by atoms with Gasteiger partial charge in [0.15, 0.2) is 0 Å². The van der Waals surface area contributed by atoms with Crippen molar-refractivity contribution in [3.05, 3.63) is 48.0 Å². The van der Waals surface area contributed by atoms with Gasteiger partial charge in [-0.15, -0.1) is 0 Å². The Kier molecular flexibility index (Phi) is 5.62. The molecule has 152 valence electrons. The summed E-state index contributed by atoms with van der Waals surface area (Å²) >= 11 is 0. The first-order chi connectivity index (χ1) is 13.5. The van der Waals surface area contributed by atoms with E-state index in [1.165, 1.54) is 28.9 Å². The summed E-state index contributed by atoms with van der Waals surface area (Å²) < 4.78 is 5.91. The summed E-state index contributed by atoms with van der Waals surface area (Å²) in [5.74, 6) is 0.737. The molecule has 1 saturated heterocycles. The average Bonchev–Trinajstić information content (AvgIpc) is 2.95. The van der Waals surface area contributed by atoms with Gasteiger partial charge in [0, 0.05) is 11.5 Å². The Balaban J connectivity index is 1.49. The molecule has 1 aromatic carbocycles. The molecular weight excluding hydrogens is 350 g/mol. The van der Waals surface area contributed by atoms with Crippen LogP contribution in [0.1, 0.15) is 44.6 Å². The van der Waals surface area contributed by atoms with Crippen LogP contribution in [0.25, 0.3) is 0 Å². The SMILES string of the molecule is C=C1CCC[C@@]2(C)C[C@H]3OC(=O)[C@@H](C[NH+](CCO)Cc4ccccc4)[C@@H]3C[C@H]12. The van der Waals surface area contributed by atoms with Crippen molar-refractivity contribution in [2.75, 3.05) is 19.7 Å². The van der Waals surface area contributed by atoms with Crippen molar-refractivity contribution >= 4 is 5.97 Å². The maximum atomic E-state index is 12.8. The van der Waals surface area contributed by atoms with E-state index < -0.39 is 0 Å². The molecule has 4 nitrogen and oxygen atoms in total. The zero-order valence-electron chi connectivity index (χ0n) is 17.0. The molecule has 0 bridgehead atoms. The highest BCUT2D eigenvalue weighted by molar-refractivity contribution is 5.75. The average molecular weight is 385 g/mol. The third-order valence-electron chi connectivity index (χ3n) is 7.59. The molecule has 28 heavy (non-hydrogen) atoms. The molecular formula is C24H34NO3+. The Morgan fingerprint density at radius 2 is 2.11 bits per heavy atom. The summed E-state index contributed by atoms with van der Waals surface area (Å²) in [7, 11) is 0. The van der Waals surface area contributed by atoms with Crippen molar-refractivity contribution < 1.29 is 19.5 Å². The second-order valence-electron chi connectivity index (χ2n) is 9.49. The molecule has 4 heteroatoms. The zero-order chi connectivity index (χ0) is 19.7. The summed E-state index contributed by atoms with van der Waals surface area (Å²) in [5, 5.41) is 9.56. The predicted octanol–water partition coefficient (Wildman–Crippen LogP) is 2.38. The van der Waals surface area contributed by atoms with Crippen molar-refractivity contribution in [2.45, 2.75) is 51.7 Å². The molecule has 2 saturated carbocycles. The van der Waals surface area contributed by atoms with E-state index >= 15 is 0 Å². The van der Waals surface area contributed by atoms with E-state index in [4.69, 9.17) is 4.74 Å². The molecule has 0 aromatic heterocycles. The van der Waals surface area contributed by atoms with E-state index in [0.717, 1.165) is 32.4 Å². The Labute approximate surface area is 168 Å². The molecule has 3 fully saturated rings. The first kappa shape index (κ1) is 19.7. The first-order valence-corrected chi connectivity index (χ1v) is 10.9. The minimum absolute atomic E-state index is 0.0219. The molecule has 1 unspecified atom stereocenters. The summed E-state index contributed by atoms with van der Waals surface area (Å²) in [6.07, 6.45) is 5.65. The van der Waals surface area contributed by atoms with Crippen LogP contribution in [-0.2, 0) is 16.1 Å². The number of hydrogen-bond acceptors (Lipinski definition) is 3. The Morgan fingerprint density at radius 3 is 2.86 bits per heavy atom. The lowest BCUT2D eigenvalue weighted by Crippen LogP contribution is -3.12. The van der Waals surface area contributed by atoms with Gasteiger partial charge < -0.3 is 14.7 Å². The Bertz CT molecular complexity index is 718. The topological polar surface area (TPSA) is 51.0 Å². The third kappa shape index (κ3) is 3.77. The first-order valence-electron chi connectivity index (χ1n) is 10.9. The van der Waals surface area contributed by atoms with Crippen molar-refractivity contribution in [1.82, 2.24) is 0 Å². The smallest absolute Gasteiger partial charge is 0.315 e. The number of rotatable bonds is 6. The van der Waals surface area contributed by atoms with Crippen LogP contribution in [-0.4, -0.2) is 36.9 Å². The lowest BCUT2D eigenvalue weighted by molar-refractivity contribution is -0.916. The van der Waals surface area contributed by atoms with Crippen LogP contribution in [0.3, 0.4) is 0 Å². The van der Waals surface area contributed by atoms with Crippen molar-refractivity contribution in [2.24, 2.45) is 23.2 Å². The number of ether oxygens (including phenoxy) is 1. The summed E-state index contributed by atoms with van der Waals surface area (Å²) in [6.45, 7) is 9.12. The molecule has 3 aliphatic rings. The minimum Gasteiger partial charge on any atom is -0.462 e. The number of fused-ring (bicyclic) bond motifs is 2. The van der Waals surface area contributed by atoms with Crippen molar-refractivity contribution in [3.8, 4) is 0 Å². The highest BCUT2D eigenvalue weighted by Gasteiger charge is 2.55. The number of aliphatic hydroxyl groups is 1. The fraction of sp³-hybridized carbons (Fsp3) is 0.625. The molecule has 1 aromatic rings. The number of aliphatic hydroxyl groups excluding tert-OH is 1. The molecule has 1 heterocycles. The van der Waals surface area contributed by atoms with Gasteiger partial charge in [-0.05, 0) is 43.4 Å². The van der Waals surface area contributed by atoms with E-state index in [1.807, 2.05) is 18.2 Å². The number of quaternary nitrogens is 1. The molecule has 6 atom stereocenters. The van der Waals surface area contributed by atoms with Crippen LogP contribution in [0.15, 0.2) is 42.5 Å². The van der Waals surface area contributed by atoms with Crippen LogP contribution in [0.2, 0.25) is 0 Å². The van der Waals surface area contributed by atoms with E-state index in [0.29, 0.717) is 18.4 Å². The number of allylic oxidation sites excluding steroid dienone is 1. The zero-order valence-corrected chi connectivity index (χ0v) is 17.0. The maximum Gasteiger partial charge on any atom is 0.315 e. The van der Waals surface area contributed by atoms with E-state index in [1.54, 1.807) is 0 Å². The summed E-state index contributed by atoms with van der Waals surface area (Å²) in [5.41, 5.74) is 2.87. The molecule has 2 aliphatic carbocycles. The monoisotopic (exact) mass is 384 g/mol. The molecule has 0 spiro atoms. The van der Waals surface area contributed by atoms with E-state index in [-0.39, 0.29) is 30.0 Å². The highest BCUT2D eigenvalue weighted by atomic mass is 16.6. The highest BCUT2D eigenvalue weighted by Crippen LogP contribution is 2.56. The van der Waals surface area contributed by atoms with Gasteiger partial charge in [-0.3, -0.25) is 4.79 Å².